The van der Waals surface area contributed by atoms with Crippen LogP contribution in [0.25, 0.3) is 0 Å². The Hall–Kier alpha value is -2.08. The van der Waals surface area contributed by atoms with Gasteiger partial charge in [0, 0.05) is 13.1 Å². The number of piperidine rings is 1. The van der Waals surface area contributed by atoms with Gasteiger partial charge in [0.05, 0.1) is 7.11 Å². The standard InChI is InChI=1S/C20H28N2O4/c1-26-18-7-6-16(13-17(18)12-14-4-2-3-5-14)15-8-10-22(11-9-15)20(24)19(23)21-25/h6-7,13-15,25H,2-5,8-12H2,1H3,(H,21,23). The van der Waals surface area contributed by atoms with Crippen molar-refractivity contribution in [2.45, 2.75) is 50.9 Å². The first-order chi connectivity index (χ1) is 12.6. The van der Waals surface area contributed by atoms with Gasteiger partial charge in [-0.25, -0.2) is 5.48 Å². The van der Waals surface area contributed by atoms with E-state index in [1.807, 2.05) is 0 Å². The summed E-state index contributed by atoms with van der Waals surface area (Å²) in [7, 11) is 1.73. The predicted molar refractivity (Wildman–Crippen MR) is 97.1 cm³/mol. The molecule has 6 heteroatoms. The van der Waals surface area contributed by atoms with Gasteiger partial charge in [-0.2, -0.15) is 0 Å². The van der Waals surface area contributed by atoms with Gasteiger partial charge in [-0.1, -0.05) is 37.8 Å². The average molecular weight is 360 g/mol. The lowest BCUT2D eigenvalue weighted by atomic mass is 9.87. The molecule has 2 amide bonds. The minimum Gasteiger partial charge on any atom is -0.496 e. The Balaban J connectivity index is 1.66. The molecule has 1 aliphatic heterocycles. The molecule has 0 bridgehead atoms. The Morgan fingerprint density at radius 2 is 1.88 bits per heavy atom. The summed E-state index contributed by atoms with van der Waals surface area (Å²) in [6.07, 6.45) is 7.99. The molecular formula is C20H28N2O4. The third kappa shape index (κ3) is 4.18. The second-order valence-electron chi connectivity index (χ2n) is 7.43. The van der Waals surface area contributed by atoms with E-state index in [-0.39, 0.29) is 0 Å². The molecule has 142 valence electrons. The number of benzene rings is 1. The van der Waals surface area contributed by atoms with Crippen molar-refractivity contribution in [3.05, 3.63) is 29.3 Å². The molecule has 2 N–H and O–H groups in total. The maximum Gasteiger partial charge on any atom is 0.332 e. The number of carbonyl (C=O) groups excluding carboxylic acids is 2. The fraction of sp³-hybridized carbons (Fsp3) is 0.600. The van der Waals surface area contributed by atoms with Gasteiger partial charge in [0.15, 0.2) is 0 Å². The van der Waals surface area contributed by atoms with Crippen molar-refractivity contribution in [3.63, 3.8) is 0 Å². The molecule has 1 aromatic rings. The Kier molecular flexibility index (Phi) is 6.14. The van der Waals surface area contributed by atoms with Crippen LogP contribution in [0, 0.1) is 5.92 Å². The van der Waals surface area contributed by atoms with E-state index in [0.29, 0.717) is 19.0 Å². The van der Waals surface area contributed by atoms with Crippen LogP contribution in [0.15, 0.2) is 18.2 Å². The average Bonchev–Trinajstić information content (AvgIpc) is 3.20. The van der Waals surface area contributed by atoms with E-state index in [9.17, 15) is 9.59 Å². The molecule has 6 nitrogen and oxygen atoms in total. The number of hydroxylamine groups is 1. The second-order valence-corrected chi connectivity index (χ2v) is 7.43. The molecule has 1 heterocycles. The molecule has 1 saturated carbocycles. The summed E-state index contributed by atoms with van der Waals surface area (Å²) in [5, 5.41) is 8.60. The molecule has 0 atom stereocenters. The van der Waals surface area contributed by atoms with Gasteiger partial charge in [-0.05, 0) is 48.3 Å². The number of amides is 2. The number of hydrogen-bond acceptors (Lipinski definition) is 4. The first-order valence-electron chi connectivity index (χ1n) is 9.52. The van der Waals surface area contributed by atoms with E-state index in [1.165, 1.54) is 47.2 Å². The van der Waals surface area contributed by atoms with E-state index < -0.39 is 11.8 Å². The fourth-order valence-electron chi connectivity index (χ4n) is 4.34. The van der Waals surface area contributed by atoms with Gasteiger partial charge in [0.25, 0.3) is 0 Å². The second kappa shape index (κ2) is 8.54. The number of nitrogens with zero attached hydrogens (tertiary/aromatic N) is 1. The zero-order valence-electron chi connectivity index (χ0n) is 15.4. The van der Waals surface area contributed by atoms with Gasteiger partial charge < -0.3 is 9.64 Å². The summed E-state index contributed by atoms with van der Waals surface area (Å²) < 4.78 is 5.56. The first kappa shape index (κ1) is 18.7. The predicted octanol–water partition coefficient (Wildman–Crippen LogP) is 2.64. The van der Waals surface area contributed by atoms with Gasteiger partial charge >= 0.3 is 11.8 Å². The van der Waals surface area contributed by atoms with Crippen molar-refractivity contribution in [2.24, 2.45) is 5.92 Å². The normalized spacial score (nSPS) is 18.8. The Bertz CT molecular complexity index is 647. The molecular weight excluding hydrogens is 332 g/mol. The number of hydrogen-bond donors (Lipinski definition) is 2. The smallest absolute Gasteiger partial charge is 0.332 e. The minimum absolute atomic E-state index is 0.379. The quantitative estimate of drug-likeness (QED) is 0.491. The van der Waals surface area contributed by atoms with Crippen molar-refractivity contribution >= 4 is 11.8 Å². The van der Waals surface area contributed by atoms with Crippen molar-refractivity contribution in [2.75, 3.05) is 20.2 Å². The van der Waals surface area contributed by atoms with E-state index in [0.717, 1.165) is 30.9 Å². The van der Waals surface area contributed by atoms with E-state index in [2.05, 4.69) is 18.2 Å². The molecule has 1 saturated heterocycles. The first-order valence-corrected chi connectivity index (χ1v) is 9.52. The number of methoxy groups -OCH3 is 1. The highest BCUT2D eigenvalue weighted by atomic mass is 16.5. The topological polar surface area (TPSA) is 78.9 Å². The molecule has 0 radical (unpaired) electrons. The summed E-state index contributed by atoms with van der Waals surface area (Å²) in [6.45, 7) is 1.06. The lowest BCUT2D eigenvalue weighted by Crippen LogP contribution is -2.45. The van der Waals surface area contributed by atoms with Crippen LogP contribution < -0.4 is 10.2 Å². The van der Waals surface area contributed by atoms with Crippen molar-refractivity contribution in [1.82, 2.24) is 10.4 Å². The summed E-state index contributed by atoms with van der Waals surface area (Å²) in [4.78, 5) is 24.6. The fourth-order valence-corrected chi connectivity index (χ4v) is 4.34. The molecule has 2 fully saturated rings. The summed E-state index contributed by atoms with van der Waals surface area (Å²) >= 11 is 0. The summed E-state index contributed by atoms with van der Waals surface area (Å²) in [6, 6.07) is 6.47. The van der Waals surface area contributed by atoms with E-state index in [1.54, 1.807) is 7.11 Å². The third-order valence-electron chi connectivity index (χ3n) is 5.84. The van der Waals surface area contributed by atoms with Crippen LogP contribution >= 0.6 is 0 Å². The minimum atomic E-state index is -0.966. The van der Waals surface area contributed by atoms with Crippen LogP contribution in [0.2, 0.25) is 0 Å². The largest absolute Gasteiger partial charge is 0.496 e. The maximum absolute atomic E-state index is 11.8. The van der Waals surface area contributed by atoms with Crippen molar-refractivity contribution < 1.29 is 19.5 Å². The highest BCUT2D eigenvalue weighted by Crippen LogP contribution is 2.35. The molecule has 2 aliphatic rings. The van der Waals surface area contributed by atoms with Crippen LogP contribution in [0.5, 0.6) is 5.75 Å². The van der Waals surface area contributed by atoms with Crippen LogP contribution in [-0.4, -0.2) is 42.1 Å². The van der Waals surface area contributed by atoms with Crippen LogP contribution in [0.3, 0.4) is 0 Å². The molecule has 1 aliphatic carbocycles. The Labute approximate surface area is 154 Å². The number of likely N-dealkylation sites (tertiary alicyclic amines) is 1. The summed E-state index contributed by atoms with van der Waals surface area (Å²) in [5.74, 6) is 0.474. The van der Waals surface area contributed by atoms with Gasteiger partial charge in [0.2, 0.25) is 0 Å². The molecule has 1 aromatic carbocycles. The number of nitrogens with one attached hydrogen (secondary N) is 1. The van der Waals surface area contributed by atoms with Crippen molar-refractivity contribution in [3.8, 4) is 5.75 Å². The van der Waals surface area contributed by atoms with E-state index >= 15 is 0 Å². The lowest BCUT2D eigenvalue weighted by molar-refractivity contribution is -0.151. The Morgan fingerprint density at radius 1 is 1.19 bits per heavy atom. The molecule has 26 heavy (non-hydrogen) atoms. The highest BCUT2D eigenvalue weighted by molar-refractivity contribution is 6.34. The Morgan fingerprint density at radius 3 is 2.50 bits per heavy atom. The molecule has 0 unspecified atom stereocenters. The SMILES string of the molecule is COc1ccc(C2CCN(C(=O)C(=O)NO)CC2)cc1CC1CCCC1. The summed E-state index contributed by atoms with van der Waals surface area (Å²) in [5.41, 5.74) is 3.99. The van der Waals surface area contributed by atoms with Crippen LogP contribution in [-0.2, 0) is 16.0 Å². The number of carbonyl (C=O) groups is 2. The van der Waals surface area contributed by atoms with Gasteiger partial charge in [0.1, 0.15) is 5.75 Å². The third-order valence-corrected chi connectivity index (χ3v) is 5.84. The molecule has 0 aromatic heterocycles. The number of ether oxygens (including phenoxy) is 1. The molecule has 0 spiro atoms. The van der Waals surface area contributed by atoms with Crippen LogP contribution in [0.4, 0.5) is 0 Å². The lowest BCUT2D eigenvalue weighted by Gasteiger charge is -2.32. The monoisotopic (exact) mass is 360 g/mol. The zero-order valence-corrected chi connectivity index (χ0v) is 15.4. The maximum atomic E-state index is 11.8. The van der Waals surface area contributed by atoms with E-state index in [4.69, 9.17) is 9.94 Å². The molecule has 3 rings (SSSR count). The van der Waals surface area contributed by atoms with Gasteiger partial charge in [-0.3, -0.25) is 14.8 Å². The van der Waals surface area contributed by atoms with Crippen LogP contribution in [0.1, 0.15) is 55.6 Å². The van der Waals surface area contributed by atoms with Gasteiger partial charge in [-0.15, -0.1) is 0 Å². The zero-order chi connectivity index (χ0) is 18.5. The van der Waals surface area contributed by atoms with Crippen molar-refractivity contribution in [1.29, 1.82) is 0 Å². The highest BCUT2D eigenvalue weighted by Gasteiger charge is 2.28. The number of rotatable bonds is 4.